The maximum Gasteiger partial charge on any atom is 0.305 e. The molecule has 6 nitrogen and oxygen atoms in total. The van der Waals surface area contributed by atoms with Crippen molar-refractivity contribution in [3.8, 4) is 0 Å². The predicted octanol–water partition coefficient (Wildman–Crippen LogP) is 4.69. The van der Waals surface area contributed by atoms with E-state index in [1.807, 2.05) is 0 Å². The van der Waals surface area contributed by atoms with Crippen molar-refractivity contribution in [1.29, 1.82) is 0 Å². The fourth-order valence-corrected chi connectivity index (χ4v) is 2.46. The lowest BCUT2D eigenvalue weighted by molar-refractivity contribution is -0.148. The van der Waals surface area contributed by atoms with Crippen LogP contribution in [0.25, 0.3) is 0 Å². The average Bonchev–Trinajstić information content (AvgIpc) is 2.61. The van der Waals surface area contributed by atoms with Crippen LogP contribution >= 0.6 is 0 Å². The van der Waals surface area contributed by atoms with Gasteiger partial charge < -0.3 is 19.3 Å². The number of carboxylic acids is 1. The Morgan fingerprint density at radius 2 is 1.35 bits per heavy atom. The quantitative estimate of drug-likeness (QED) is 0.201. The fraction of sp³-hybridized carbons (Fsp3) is 0.900. The smallest absolute Gasteiger partial charge is 0.305 e. The minimum Gasteiger partial charge on any atom is -0.481 e. The first kappa shape index (κ1) is 24.9. The lowest BCUT2D eigenvalue weighted by atomic mass is 10.1. The molecule has 0 unspecified atom stereocenters. The second kappa shape index (κ2) is 18.6. The van der Waals surface area contributed by atoms with Crippen molar-refractivity contribution in [2.45, 2.75) is 97.2 Å². The van der Waals surface area contributed by atoms with Crippen LogP contribution in [0.3, 0.4) is 0 Å². The number of rotatable bonds is 19. The molecule has 154 valence electrons. The van der Waals surface area contributed by atoms with Crippen molar-refractivity contribution in [3.63, 3.8) is 0 Å². The van der Waals surface area contributed by atoms with Crippen molar-refractivity contribution < 1.29 is 28.9 Å². The molecular weight excluding hydrogens is 336 g/mol. The van der Waals surface area contributed by atoms with Crippen LogP contribution in [0.5, 0.6) is 0 Å². The van der Waals surface area contributed by atoms with E-state index >= 15 is 0 Å². The van der Waals surface area contributed by atoms with Gasteiger partial charge in [-0.2, -0.15) is 0 Å². The summed E-state index contributed by atoms with van der Waals surface area (Å²) in [5, 5.41) is 8.54. The number of hydrogen-bond donors (Lipinski definition) is 1. The number of carboxylic acid groups (broad SMARTS) is 1. The van der Waals surface area contributed by atoms with Gasteiger partial charge in [-0.3, -0.25) is 9.59 Å². The van der Waals surface area contributed by atoms with Crippen LogP contribution in [0.15, 0.2) is 0 Å². The van der Waals surface area contributed by atoms with Gasteiger partial charge in [-0.1, -0.05) is 33.1 Å². The Kier molecular flexibility index (Phi) is 17.8. The molecule has 0 saturated carbocycles. The van der Waals surface area contributed by atoms with Gasteiger partial charge >= 0.3 is 11.9 Å². The lowest BCUT2D eigenvalue weighted by Gasteiger charge is -2.18. The van der Waals surface area contributed by atoms with E-state index < -0.39 is 5.97 Å². The van der Waals surface area contributed by atoms with Crippen molar-refractivity contribution in [1.82, 2.24) is 0 Å². The Hall–Kier alpha value is -1.14. The molecule has 0 aromatic carbocycles. The van der Waals surface area contributed by atoms with Gasteiger partial charge in [0.25, 0.3) is 0 Å². The Morgan fingerprint density at radius 3 is 1.92 bits per heavy atom. The highest BCUT2D eigenvalue weighted by molar-refractivity contribution is 5.69. The third kappa shape index (κ3) is 17.7. The number of ether oxygens (including phenoxy) is 3. The van der Waals surface area contributed by atoms with Crippen LogP contribution < -0.4 is 0 Å². The maximum absolute atomic E-state index is 11.7. The molecule has 0 aromatic heterocycles. The standard InChI is InChI=1S/C20H38O6/c1-3-15-25-20(26-16-4-2)14-10-11-17-24-19(23)13-9-7-5-6-8-12-18(21)22/h20H,3-17H2,1-2H3,(H,21,22). The molecule has 0 heterocycles. The third-order valence-electron chi connectivity index (χ3n) is 3.88. The summed E-state index contributed by atoms with van der Waals surface area (Å²) in [6, 6.07) is 0. The third-order valence-corrected chi connectivity index (χ3v) is 3.88. The first-order valence-corrected chi connectivity index (χ1v) is 10.2. The van der Waals surface area contributed by atoms with E-state index in [-0.39, 0.29) is 18.7 Å². The number of unbranched alkanes of at least 4 members (excludes halogenated alkanes) is 5. The summed E-state index contributed by atoms with van der Waals surface area (Å²) in [5.74, 6) is -0.884. The number of esters is 1. The molecule has 0 fully saturated rings. The van der Waals surface area contributed by atoms with Gasteiger partial charge in [0.2, 0.25) is 0 Å². The molecule has 6 heteroatoms. The highest BCUT2D eigenvalue weighted by Gasteiger charge is 2.09. The molecule has 0 rings (SSSR count). The predicted molar refractivity (Wildman–Crippen MR) is 101 cm³/mol. The van der Waals surface area contributed by atoms with Gasteiger partial charge in [-0.05, 0) is 44.9 Å². The highest BCUT2D eigenvalue weighted by Crippen LogP contribution is 2.10. The minimum atomic E-state index is -0.742. The normalized spacial score (nSPS) is 11.0. The SMILES string of the molecule is CCCOC(CCCCOC(=O)CCCCCCCC(=O)O)OCCC. The van der Waals surface area contributed by atoms with E-state index in [2.05, 4.69) is 13.8 Å². The molecule has 1 N–H and O–H groups in total. The molecule has 0 radical (unpaired) electrons. The molecular formula is C20H38O6. The zero-order chi connectivity index (χ0) is 19.5. The van der Waals surface area contributed by atoms with Gasteiger partial charge in [0, 0.05) is 26.1 Å². The number of aliphatic carboxylic acids is 1. The molecule has 0 aliphatic heterocycles. The zero-order valence-corrected chi connectivity index (χ0v) is 16.7. The second-order valence-electron chi connectivity index (χ2n) is 6.55. The van der Waals surface area contributed by atoms with Gasteiger partial charge in [0.05, 0.1) is 6.61 Å². The summed E-state index contributed by atoms with van der Waals surface area (Å²) in [6.45, 7) is 6.02. The fourth-order valence-electron chi connectivity index (χ4n) is 2.46. The minimum absolute atomic E-state index is 0.142. The van der Waals surface area contributed by atoms with Crippen LogP contribution in [0.1, 0.15) is 90.9 Å². The molecule has 0 atom stereocenters. The summed E-state index contributed by atoms with van der Waals surface area (Å²) >= 11 is 0. The van der Waals surface area contributed by atoms with Crippen LogP contribution in [0.4, 0.5) is 0 Å². The number of carbonyl (C=O) groups excluding carboxylic acids is 1. The Balaban J connectivity index is 3.52. The van der Waals surface area contributed by atoms with Gasteiger partial charge in [0.1, 0.15) is 0 Å². The summed E-state index contributed by atoms with van der Waals surface area (Å²) in [7, 11) is 0. The van der Waals surface area contributed by atoms with E-state index in [4.69, 9.17) is 19.3 Å². The van der Waals surface area contributed by atoms with E-state index in [9.17, 15) is 9.59 Å². The molecule has 0 aliphatic carbocycles. The van der Waals surface area contributed by atoms with E-state index in [1.54, 1.807) is 0 Å². The molecule has 0 amide bonds. The van der Waals surface area contributed by atoms with Crippen LogP contribution in [-0.2, 0) is 23.8 Å². The van der Waals surface area contributed by atoms with E-state index in [0.29, 0.717) is 32.7 Å². The van der Waals surface area contributed by atoms with Crippen molar-refractivity contribution in [2.75, 3.05) is 19.8 Å². The van der Waals surface area contributed by atoms with Crippen molar-refractivity contribution >= 4 is 11.9 Å². The molecule has 0 aliphatic rings. The summed E-state index contributed by atoms with van der Waals surface area (Å²) in [4.78, 5) is 22.0. The molecule has 26 heavy (non-hydrogen) atoms. The molecule has 0 saturated heterocycles. The first-order chi connectivity index (χ1) is 12.6. The summed E-state index contributed by atoms with van der Waals surface area (Å²) < 4.78 is 16.6. The Morgan fingerprint density at radius 1 is 0.769 bits per heavy atom. The lowest BCUT2D eigenvalue weighted by Crippen LogP contribution is -2.18. The molecule has 0 aromatic rings. The maximum atomic E-state index is 11.7. The number of carbonyl (C=O) groups is 2. The van der Waals surface area contributed by atoms with Crippen LogP contribution in [-0.4, -0.2) is 43.2 Å². The monoisotopic (exact) mass is 374 g/mol. The largest absolute Gasteiger partial charge is 0.481 e. The van der Waals surface area contributed by atoms with E-state index in [0.717, 1.165) is 57.8 Å². The van der Waals surface area contributed by atoms with Crippen LogP contribution in [0, 0.1) is 0 Å². The van der Waals surface area contributed by atoms with Gasteiger partial charge in [0.15, 0.2) is 6.29 Å². The Bertz CT molecular complexity index is 337. The second-order valence-corrected chi connectivity index (χ2v) is 6.55. The first-order valence-electron chi connectivity index (χ1n) is 10.2. The van der Waals surface area contributed by atoms with Crippen molar-refractivity contribution in [3.05, 3.63) is 0 Å². The average molecular weight is 375 g/mol. The van der Waals surface area contributed by atoms with Crippen LogP contribution in [0.2, 0.25) is 0 Å². The molecule has 0 bridgehead atoms. The highest BCUT2D eigenvalue weighted by atomic mass is 16.7. The molecule has 0 spiro atoms. The van der Waals surface area contributed by atoms with E-state index in [1.165, 1.54) is 0 Å². The summed E-state index contributed by atoms with van der Waals surface area (Å²) in [6.07, 6.45) is 9.38. The topological polar surface area (TPSA) is 82.1 Å². The number of hydrogen-bond acceptors (Lipinski definition) is 5. The van der Waals surface area contributed by atoms with Gasteiger partial charge in [-0.15, -0.1) is 0 Å². The summed E-state index contributed by atoms with van der Waals surface area (Å²) in [5.41, 5.74) is 0. The van der Waals surface area contributed by atoms with Gasteiger partial charge in [-0.25, -0.2) is 0 Å². The van der Waals surface area contributed by atoms with Crippen molar-refractivity contribution in [2.24, 2.45) is 0 Å². The Labute approximate surface area is 158 Å². The zero-order valence-electron chi connectivity index (χ0n) is 16.7.